The van der Waals surface area contributed by atoms with Gasteiger partial charge < -0.3 is 14.5 Å². The largest absolute Gasteiger partial charge is 0.466 e. The van der Waals surface area contributed by atoms with Gasteiger partial charge >= 0.3 is 5.97 Å². The molecule has 23 heavy (non-hydrogen) atoms. The smallest absolute Gasteiger partial charge is 0.330 e. The van der Waals surface area contributed by atoms with Crippen molar-refractivity contribution in [1.29, 1.82) is 0 Å². The molecule has 2 aromatic heterocycles. The zero-order chi connectivity index (χ0) is 16.8. The molecule has 2 aromatic rings. The van der Waals surface area contributed by atoms with Crippen LogP contribution in [0.3, 0.4) is 0 Å². The van der Waals surface area contributed by atoms with E-state index in [-0.39, 0.29) is 11.7 Å². The van der Waals surface area contributed by atoms with E-state index in [0.717, 1.165) is 16.3 Å². The minimum Gasteiger partial charge on any atom is -0.466 e. The van der Waals surface area contributed by atoms with Gasteiger partial charge in [0.1, 0.15) is 5.76 Å². The molecule has 0 aliphatic carbocycles. The van der Waals surface area contributed by atoms with Crippen LogP contribution in [0.5, 0.6) is 0 Å². The number of nitrogens with one attached hydrogen (secondary N) is 1. The highest BCUT2D eigenvalue weighted by atomic mass is 32.1. The highest BCUT2D eigenvalue weighted by Crippen LogP contribution is 2.27. The van der Waals surface area contributed by atoms with Crippen molar-refractivity contribution in [3.05, 3.63) is 40.1 Å². The fourth-order valence-corrected chi connectivity index (χ4v) is 2.55. The van der Waals surface area contributed by atoms with Gasteiger partial charge in [-0.25, -0.2) is 9.78 Å². The first-order valence-electron chi connectivity index (χ1n) is 7.07. The number of aromatic nitrogens is 1. The first-order chi connectivity index (χ1) is 11.0. The third-order valence-electron chi connectivity index (χ3n) is 3.09. The zero-order valence-corrected chi connectivity index (χ0v) is 14.0. The van der Waals surface area contributed by atoms with E-state index in [0.29, 0.717) is 18.7 Å². The molecule has 0 radical (unpaired) electrons. The maximum Gasteiger partial charge on any atom is 0.330 e. The van der Waals surface area contributed by atoms with Crippen LogP contribution in [0, 0.1) is 13.8 Å². The number of hydrogen-bond donors (Lipinski definition) is 1. The highest BCUT2D eigenvalue weighted by Gasteiger charge is 2.16. The zero-order valence-electron chi connectivity index (χ0n) is 13.2. The van der Waals surface area contributed by atoms with E-state index in [1.807, 2.05) is 12.3 Å². The summed E-state index contributed by atoms with van der Waals surface area (Å²) in [6.07, 6.45) is 3.49. The fourth-order valence-electron chi connectivity index (χ4n) is 1.94. The average molecular weight is 334 g/mol. The van der Waals surface area contributed by atoms with Gasteiger partial charge in [-0.2, -0.15) is 0 Å². The highest BCUT2D eigenvalue weighted by molar-refractivity contribution is 7.09. The lowest BCUT2D eigenvalue weighted by Gasteiger charge is -1.99. The average Bonchev–Trinajstić information content (AvgIpc) is 3.12. The molecule has 0 aromatic carbocycles. The Kier molecular flexibility index (Phi) is 5.70. The van der Waals surface area contributed by atoms with E-state index in [1.165, 1.54) is 13.2 Å². The van der Waals surface area contributed by atoms with Crippen LogP contribution in [0.2, 0.25) is 0 Å². The summed E-state index contributed by atoms with van der Waals surface area (Å²) in [5, 5.41) is 5.63. The molecule has 1 N–H and O–H groups in total. The molecule has 0 bridgehead atoms. The normalized spacial score (nSPS) is 10.9. The lowest BCUT2D eigenvalue weighted by Crippen LogP contribution is -2.23. The molecule has 2 heterocycles. The van der Waals surface area contributed by atoms with Crippen LogP contribution in [0.1, 0.15) is 27.7 Å². The summed E-state index contributed by atoms with van der Waals surface area (Å²) in [6, 6.07) is 1.70. The monoisotopic (exact) mass is 334 g/mol. The molecule has 0 unspecified atom stereocenters. The SMILES string of the molecule is COC(=O)/C=C/CCNC(=O)c1cc(-c2csc(C)n2)c(C)o1. The van der Waals surface area contributed by atoms with E-state index in [1.54, 1.807) is 30.4 Å². The molecule has 6 nitrogen and oxygen atoms in total. The first kappa shape index (κ1) is 17.0. The van der Waals surface area contributed by atoms with E-state index in [9.17, 15) is 9.59 Å². The van der Waals surface area contributed by atoms with E-state index < -0.39 is 5.97 Å². The van der Waals surface area contributed by atoms with Gasteiger partial charge in [-0.15, -0.1) is 11.3 Å². The summed E-state index contributed by atoms with van der Waals surface area (Å²) in [5.74, 6) is 0.199. The van der Waals surface area contributed by atoms with Crippen LogP contribution in [-0.2, 0) is 9.53 Å². The number of thiazole rings is 1. The second kappa shape index (κ2) is 7.73. The third kappa shape index (κ3) is 4.53. The number of aryl methyl sites for hydroxylation is 2. The number of ether oxygens (including phenoxy) is 1. The van der Waals surface area contributed by atoms with Crippen LogP contribution in [-0.4, -0.2) is 30.5 Å². The van der Waals surface area contributed by atoms with Crippen molar-refractivity contribution in [1.82, 2.24) is 10.3 Å². The number of carbonyl (C=O) groups excluding carboxylic acids is 2. The maximum atomic E-state index is 12.1. The first-order valence-corrected chi connectivity index (χ1v) is 7.95. The van der Waals surface area contributed by atoms with Crippen LogP contribution < -0.4 is 5.32 Å². The predicted molar refractivity (Wildman–Crippen MR) is 87.4 cm³/mol. The molecule has 0 spiro atoms. The van der Waals surface area contributed by atoms with Gasteiger partial charge in [-0.1, -0.05) is 6.08 Å². The van der Waals surface area contributed by atoms with Gasteiger partial charge in [0.25, 0.3) is 5.91 Å². The molecule has 0 aliphatic heterocycles. The molecule has 0 saturated carbocycles. The van der Waals surface area contributed by atoms with Crippen LogP contribution in [0.25, 0.3) is 11.3 Å². The molecular formula is C16H18N2O4S. The van der Waals surface area contributed by atoms with Crippen molar-refractivity contribution in [2.75, 3.05) is 13.7 Å². The summed E-state index contributed by atoms with van der Waals surface area (Å²) in [4.78, 5) is 27.4. The van der Waals surface area contributed by atoms with Gasteiger partial charge in [0, 0.05) is 23.6 Å². The minimum absolute atomic E-state index is 0.250. The summed E-state index contributed by atoms with van der Waals surface area (Å²) < 4.78 is 9.99. The Bertz CT molecular complexity index is 730. The van der Waals surface area contributed by atoms with Gasteiger partial charge in [-0.05, 0) is 26.3 Å². The van der Waals surface area contributed by atoms with Crippen LogP contribution in [0.15, 0.2) is 28.0 Å². The Balaban J connectivity index is 1.93. The van der Waals surface area contributed by atoms with Crippen LogP contribution in [0.4, 0.5) is 0 Å². The minimum atomic E-state index is -0.416. The third-order valence-corrected chi connectivity index (χ3v) is 3.86. The lowest BCUT2D eigenvalue weighted by atomic mass is 10.2. The molecule has 0 atom stereocenters. The van der Waals surface area contributed by atoms with Crippen molar-refractivity contribution in [2.45, 2.75) is 20.3 Å². The van der Waals surface area contributed by atoms with Crippen molar-refractivity contribution in [2.24, 2.45) is 0 Å². The number of nitrogens with zero attached hydrogens (tertiary/aromatic N) is 1. The summed E-state index contributed by atoms with van der Waals surface area (Å²) in [7, 11) is 1.31. The molecule has 1 amide bonds. The van der Waals surface area contributed by atoms with Crippen molar-refractivity contribution < 1.29 is 18.7 Å². The Morgan fingerprint density at radius 1 is 1.43 bits per heavy atom. The number of methoxy groups -OCH3 is 1. The van der Waals surface area contributed by atoms with Gasteiger partial charge in [-0.3, -0.25) is 4.79 Å². The molecule has 0 aliphatic rings. The quantitative estimate of drug-likeness (QED) is 0.499. The summed E-state index contributed by atoms with van der Waals surface area (Å²) in [5.41, 5.74) is 1.64. The Hall–Kier alpha value is -2.41. The molecule has 122 valence electrons. The van der Waals surface area contributed by atoms with Crippen LogP contribution >= 0.6 is 11.3 Å². The molecule has 2 rings (SSSR count). The Morgan fingerprint density at radius 3 is 2.87 bits per heavy atom. The van der Waals surface area contributed by atoms with E-state index in [2.05, 4.69) is 15.0 Å². The fraction of sp³-hybridized carbons (Fsp3) is 0.312. The number of carbonyl (C=O) groups is 2. The van der Waals surface area contributed by atoms with E-state index >= 15 is 0 Å². The molecule has 0 fully saturated rings. The van der Waals surface area contributed by atoms with Crippen molar-refractivity contribution in [3.63, 3.8) is 0 Å². The maximum absolute atomic E-state index is 12.1. The Morgan fingerprint density at radius 2 is 2.22 bits per heavy atom. The molecular weight excluding hydrogens is 316 g/mol. The topological polar surface area (TPSA) is 81.4 Å². The van der Waals surface area contributed by atoms with E-state index in [4.69, 9.17) is 4.42 Å². The summed E-state index contributed by atoms with van der Waals surface area (Å²) >= 11 is 1.55. The number of esters is 1. The second-order valence-corrected chi connectivity index (χ2v) is 5.86. The molecule has 0 saturated heterocycles. The second-order valence-electron chi connectivity index (χ2n) is 4.80. The predicted octanol–water partition coefficient (Wildman–Crippen LogP) is 2.87. The number of furan rings is 1. The lowest BCUT2D eigenvalue weighted by molar-refractivity contribution is -0.134. The number of amides is 1. The standard InChI is InChI=1S/C16H18N2O4S/c1-10-12(13-9-23-11(2)18-13)8-14(22-10)16(20)17-7-5-4-6-15(19)21-3/h4,6,8-9H,5,7H2,1-3H3,(H,17,20)/b6-4+. The van der Waals surface area contributed by atoms with Crippen molar-refractivity contribution in [3.8, 4) is 11.3 Å². The molecule has 7 heteroatoms. The number of rotatable bonds is 6. The van der Waals surface area contributed by atoms with Gasteiger partial charge in [0.2, 0.25) is 0 Å². The summed E-state index contributed by atoms with van der Waals surface area (Å²) in [6.45, 7) is 4.14. The Labute approximate surface area is 138 Å². The van der Waals surface area contributed by atoms with Gasteiger partial charge in [0.05, 0.1) is 17.8 Å². The van der Waals surface area contributed by atoms with Gasteiger partial charge in [0.15, 0.2) is 5.76 Å². The van der Waals surface area contributed by atoms with Crippen molar-refractivity contribution >= 4 is 23.2 Å². The number of hydrogen-bond acceptors (Lipinski definition) is 6.